The third-order valence-corrected chi connectivity index (χ3v) is 5.64. The average Bonchev–Trinajstić information content (AvgIpc) is 3.12. The molecule has 2 amide bonds. The predicted molar refractivity (Wildman–Crippen MR) is 99.8 cm³/mol. The number of benzene rings is 1. The van der Waals surface area contributed by atoms with Gasteiger partial charge < -0.3 is 4.90 Å². The van der Waals surface area contributed by atoms with Gasteiger partial charge in [-0.15, -0.1) is 0 Å². The van der Waals surface area contributed by atoms with Gasteiger partial charge in [-0.1, -0.05) is 52.0 Å². The Hall–Kier alpha value is -1.18. The molecular weight excluding hydrogens is 396 g/mol. The second kappa shape index (κ2) is 7.15. The monoisotopic (exact) mass is 410 g/mol. The van der Waals surface area contributed by atoms with Crippen molar-refractivity contribution in [1.82, 2.24) is 9.80 Å². The fourth-order valence-corrected chi connectivity index (χ4v) is 4.26. The third kappa shape index (κ3) is 3.84. The number of thiocarbonyl (C=S) groups is 1. The van der Waals surface area contributed by atoms with Crippen molar-refractivity contribution in [1.29, 1.82) is 0 Å². The number of halogens is 1. The minimum absolute atomic E-state index is 0.0255. The lowest BCUT2D eigenvalue weighted by atomic mass is 10.2. The van der Waals surface area contributed by atoms with E-state index < -0.39 is 0 Å². The number of likely N-dealkylation sites (tertiary alicyclic amines) is 1. The first-order chi connectivity index (χ1) is 11.0. The fraction of sp³-hybridized carbons (Fsp3) is 0.312. The molecule has 2 heterocycles. The van der Waals surface area contributed by atoms with Crippen LogP contribution in [0.4, 0.5) is 0 Å². The van der Waals surface area contributed by atoms with Gasteiger partial charge in [-0.25, -0.2) is 0 Å². The maximum absolute atomic E-state index is 12.5. The lowest BCUT2D eigenvalue weighted by Crippen LogP contribution is -2.40. The number of thioether (sulfide) groups is 1. The Morgan fingerprint density at radius 2 is 2.09 bits per heavy atom. The SMILES string of the molecule is O=C(CN1C(=O)/C(=C\c2cccc(Br)c2)SC1=S)N1CCCC1. The topological polar surface area (TPSA) is 40.6 Å². The van der Waals surface area contributed by atoms with Crippen molar-refractivity contribution in [2.45, 2.75) is 12.8 Å². The molecule has 2 saturated heterocycles. The molecule has 4 nitrogen and oxygen atoms in total. The van der Waals surface area contributed by atoms with E-state index in [0.717, 1.165) is 36.0 Å². The van der Waals surface area contributed by atoms with Gasteiger partial charge in [0.2, 0.25) is 5.91 Å². The van der Waals surface area contributed by atoms with Crippen molar-refractivity contribution < 1.29 is 9.59 Å². The molecule has 0 atom stereocenters. The van der Waals surface area contributed by atoms with Crippen molar-refractivity contribution in [3.05, 3.63) is 39.2 Å². The van der Waals surface area contributed by atoms with E-state index in [1.54, 1.807) is 4.90 Å². The van der Waals surface area contributed by atoms with E-state index in [1.807, 2.05) is 30.3 Å². The largest absolute Gasteiger partial charge is 0.341 e. The van der Waals surface area contributed by atoms with Gasteiger partial charge in [-0.3, -0.25) is 14.5 Å². The molecule has 0 aromatic heterocycles. The number of hydrogen-bond donors (Lipinski definition) is 0. The summed E-state index contributed by atoms with van der Waals surface area (Å²) in [6.45, 7) is 1.60. The summed E-state index contributed by atoms with van der Waals surface area (Å²) in [5.74, 6) is -0.213. The van der Waals surface area contributed by atoms with Gasteiger partial charge in [0.05, 0.1) is 4.91 Å². The second-order valence-electron chi connectivity index (χ2n) is 5.41. The Morgan fingerprint density at radius 1 is 1.35 bits per heavy atom. The van der Waals surface area contributed by atoms with Crippen LogP contribution in [-0.4, -0.2) is 45.6 Å². The minimum atomic E-state index is -0.187. The third-order valence-electron chi connectivity index (χ3n) is 3.77. The van der Waals surface area contributed by atoms with Crippen LogP contribution in [0.1, 0.15) is 18.4 Å². The van der Waals surface area contributed by atoms with Gasteiger partial charge in [-0.2, -0.15) is 0 Å². The number of nitrogens with zero attached hydrogens (tertiary/aromatic N) is 2. The Kier molecular flexibility index (Phi) is 5.18. The van der Waals surface area contributed by atoms with E-state index in [9.17, 15) is 9.59 Å². The van der Waals surface area contributed by atoms with Crippen LogP contribution in [0.25, 0.3) is 6.08 Å². The van der Waals surface area contributed by atoms with Gasteiger partial charge in [0.25, 0.3) is 5.91 Å². The van der Waals surface area contributed by atoms with Crippen LogP contribution in [0, 0.1) is 0 Å². The standard InChI is InChI=1S/C16H15BrN2O2S2/c17-12-5-3-4-11(8-12)9-13-15(21)19(16(22)23-13)10-14(20)18-6-1-2-7-18/h3-5,8-9H,1-2,6-7,10H2/b13-9+. The summed E-state index contributed by atoms with van der Waals surface area (Å²) in [5.41, 5.74) is 0.922. The van der Waals surface area contributed by atoms with Crippen molar-refractivity contribution in [3.63, 3.8) is 0 Å². The molecule has 0 unspecified atom stereocenters. The zero-order chi connectivity index (χ0) is 16.4. The summed E-state index contributed by atoms with van der Waals surface area (Å²) >= 11 is 9.94. The Labute approximate surface area is 153 Å². The molecule has 3 rings (SSSR count). The molecule has 120 valence electrons. The summed E-state index contributed by atoms with van der Waals surface area (Å²) < 4.78 is 1.40. The quantitative estimate of drug-likeness (QED) is 0.566. The van der Waals surface area contributed by atoms with Crippen LogP contribution in [0.3, 0.4) is 0 Å². The average molecular weight is 411 g/mol. The highest BCUT2D eigenvalue weighted by molar-refractivity contribution is 9.10. The normalized spacial score (nSPS) is 20.0. The first-order valence-corrected chi connectivity index (χ1v) is 9.35. The fourth-order valence-electron chi connectivity index (χ4n) is 2.59. The van der Waals surface area contributed by atoms with Gasteiger partial charge >= 0.3 is 0 Å². The van der Waals surface area contributed by atoms with Crippen LogP contribution in [-0.2, 0) is 9.59 Å². The Balaban J connectivity index is 1.73. The number of hydrogen-bond acceptors (Lipinski definition) is 4. The first kappa shape index (κ1) is 16.7. The molecule has 0 bridgehead atoms. The van der Waals surface area contributed by atoms with E-state index in [1.165, 1.54) is 16.7 Å². The van der Waals surface area contributed by atoms with Crippen LogP contribution in [0.5, 0.6) is 0 Å². The van der Waals surface area contributed by atoms with Crippen molar-refractivity contribution >= 4 is 62.1 Å². The molecule has 23 heavy (non-hydrogen) atoms. The first-order valence-electron chi connectivity index (χ1n) is 7.33. The van der Waals surface area contributed by atoms with Gasteiger partial charge in [0, 0.05) is 17.6 Å². The summed E-state index contributed by atoms with van der Waals surface area (Å²) in [6.07, 6.45) is 3.88. The second-order valence-corrected chi connectivity index (χ2v) is 8.00. The molecule has 0 saturated carbocycles. The molecule has 0 N–H and O–H groups in total. The summed E-state index contributed by atoms with van der Waals surface area (Å²) in [4.78, 5) is 28.5. The number of rotatable bonds is 3. The zero-order valence-corrected chi connectivity index (χ0v) is 15.5. The highest BCUT2D eigenvalue weighted by Crippen LogP contribution is 2.32. The Morgan fingerprint density at radius 3 is 2.78 bits per heavy atom. The lowest BCUT2D eigenvalue weighted by molar-refractivity contribution is -0.134. The molecular formula is C16H15BrN2O2S2. The summed E-state index contributed by atoms with van der Waals surface area (Å²) in [5, 5.41) is 0. The van der Waals surface area contributed by atoms with E-state index in [2.05, 4.69) is 15.9 Å². The van der Waals surface area contributed by atoms with Crippen molar-refractivity contribution in [2.24, 2.45) is 0 Å². The van der Waals surface area contributed by atoms with E-state index in [4.69, 9.17) is 12.2 Å². The number of carbonyl (C=O) groups excluding carboxylic acids is 2. The molecule has 2 aliphatic rings. The molecule has 2 fully saturated rings. The molecule has 0 radical (unpaired) electrons. The maximum atomic E-state index is 12.5. The molecule has 0 aliphatic carbocycles. The minimum Gasteiger partial charge on any atom is -0.341 e. The molecule has 2 aliphatic heterocycles. The van der Waals surface area contributed by atoms with E-state index in [0.29, 0.717) is 9.23 Å². The van der Waals surface area contributed by atoms with Gasteiger partial charge in [0.15, 0.2) is 0 Å². The van der Waals surface area contributed by atoms with Crippen molar-refractivity contribution in [2.75, 3.05) is 19.6 Å². The van der Waals surface area contributed by atoms with Crippen LogP contribution in [0.2, 0.25) is 0 Å². The molecule has 1 aromatic rings. The van der Waals surface area contributed by atoms with Crippen LogP contribution >= 0.6 is 39.9 Å². The van der Waals surface area contributed by atoms with Crippen molar-refractivity contribution in [3.8, 4) is 0 Å². The summed E-state index contributed by atoms with van der Waals surface area (Å²) in [7, 11) is 0. The smallest absolute Gasteiger partial charge is 0.266 e. The van der Waals surface area contributed by atoms with Gasteiger partial charge in [-0.05, 0) is 36.6 Å². The number of carbonyl (C=O) groups is 2. The lowest BCUT2D eigenvalue weighted by Gasteiger charge is -2.19. The van der Waals surface area contributed by atoms with Crippen LogP contribution in [0.15, 0.2) is 33.6 Å². The molecule has 0 spiro atoms. The number of amides is 2. The Bertz CT molecular complexity index is 699. The van der Waals surface area contributed by atoms with E-state index in [-0.39, 0.29) is 18.4 Å². The van der Waals surface area contributed by atoms with Crippen LogP contribution < -0.4 is 0 Å². The highest BCUT2D eigenvalue weighted by Gasteiger charge is 2.34. The molecule has 7 heteroatoms. The predicted octanol–water partition coefficient (Wildman–Crippen LogP) is 3.27. The van der Waals surface area contributed by atoms with E-state index >= 15 is 0 Å². The molecule has 1 aromatic carbocycles. The highest BCUT2D eigenvalue weighted by atomic mass is 79.9. The zero-order valence-electron chi connectivity index (χ0n) is 12.3. The van der Waals surface area contributed by atoms with Gasteiger partial charge in [0.1, 0.15) is 10.9 Å². The maximum Gasteiger partial charge on any atom is 0.266 e. The summed E-state index contributed by atoms with van der Waals surface area (Å²) in [6, 6.07) is 7.69.